The zero-order valence-electron chi connectivity index (χ0n) is 12.0. The molecule has 1 aliphatic rings. The van der Waals surface area contributed by atoms with Gasteiger partial charge in [0.1, 0.15) is 0 Å². The quantitative estimate of drug-likeness (QED) is 0.677. The summed E-state index contributed by atoms with van der Waals surface area (Å²) >= 11 is 0. The summed E-state index contributed by atoms with van der Waals surface area (Å²) in [7, 11) is 0. The maximum atomic E-state index is 3.59. The normalized spacial score (nSPS) is 14.3. The molecule has 3 aromatic rings. The van der Waals surface area contributed by atoms with Crippen molar-refractivity contribution < 1.29 is 0 Å². The average molecular weight is 273 g/mol. The molecule has 0 radical (unpaired) electrons. The molecule has 21 heavy (non-hydrogen) atoms. The minimum Gasteiger partial charge on any atom is -0.380 e. The lowest BCUT2D eigenvalue weighted by Crippen LogP contribution is -2.00. The Labute approximate surface area is 125 Å². The molecule has 1 heteroatoms. The molecular formula is C20H19N. The lowest BCUT2D eigenvalue weighted by Gasteiger charge is -2.11. The standard InChI is InChI=1S/C20H19N/c1-2-9-19-17(6-1)7-4-10-20(19)21-14-15-5-3-8-18(13-15)16-11-12-16/h1-10,13,16,21H,11-12,14H2. The fourth-order valence-electron chi connectivity index (χ4n) is 2.95. The van der Waals surface area contributed by atoms with Crippen LogP contribution in [-0.4, -0.2) is 0 Å². The molecule has 1 aliphatic carbocycles. The molecule has 0 aromatic heterocycles. The molecule has 0 aliphatic heterocycles. The first-order valence-electron chi connectivity index (χ1n) is 7.71. The summed E-state index contributed by atoms with van der Waals surface area (Å²) in [6.07, 6.45) is 2.72. The molecule has 1 nitrogen and oxygen atoms in total. The number of hydrogen-bond donors (Lipinski definition) is 1. The number of rotatable bonds is 4. The lowest BCUT2D eigenvalue weighted by molar-refractivity contribution is 1.09. The van der Waals surface area contributed by atoms with Gasteiger partial charge in [-0.25, -0.2) is 0 Å². The number of hydrogen-bond acceptors (Lipinski definition) is 1. The predicted molar refractivity (Wildman–Crippen MR) is 89.7 cm³/mol. The highest BCUT2D eigenvalue weighted by molar-refractivity contribution is 5.93. The van der Waals surface area contributed by atoms with Gasteiger partial charge in [0, 0.05) is 17.6 Å². The summed E-state index contributed by atoms with van der Waals surface area (Å²) in [5, 5.41) is 6.17. The van der Waals surface area contributed by atoms with E-state index in [1.165, 1.54) is 40.4 Å². The van der Waals surface area contributed by atoms with Crippen molar-refractivity contribution in [2.45, 2.75) is 25.3 Å². The Kier molecular flexibility index (Phi) is 3.11. The molecule has 0 atom stereocenters. The van der Waals surface area contributed by atoms with E-state index in [0.717, 1.165) is 12.5 Å². The molecule has 0 unspecified atom stereocenters. The van der Waals surface area contributed by atoms with Gasteiger partial charge in [0.2, 0.25) is 0 Å². The molecule has 0 heterocycles. The van der Waals surface area contributed by atoms with Crippen LogP contribution in [0.2, 0.25) is 0 Å². The van der Waals surface area contributed by atoms with Gasteiger partial charge in [0.15, 0.2) is 0 Å². The number of fused-ring (bicyclic) bond motifs is 1. The van der Waals surface area contributed by atoms with Crippen molar-refractivity contribution in [1.82, 2.24) is 0 Å². The van der Waals surface area contributed by atoms with Gasteiger partial charge in [-0.3, -0.25) is 0 Å². The number of benzene rings is 3. The van der Waals surface area contributed by atoms with E-state index in [4.69, 9.17) is 0 Å². The van der Waals surface area contributed by atoms with E-state index in [-0.39, 0.29) is 0 Å². The van der Waals surface area contributed by atoms with Crippen LogP contribution in [0.3, 0.4) is 0 Å². The maximum absolute atomic E-state index is 3.59. The Bertz CT molecular complexity index is 766. The minimum absolute atomic E-state index is 0.822. The van der Waals surface area contributed by atoms with Crippen molar-refractivity contribution in [1.29, 1.82) is 0 Å². The Morgan fingerprint density at radius 3 is 2.57 bits per heavy atom. The fraction of sp³-hybridized carbons (Fsp3) is 0.200. The van der Waals surface area contributed by atoms with Crippen molar-refractivity contribution in [2.75, 3.05) is 5.32 Å². The van der Waals surface area contributed by atoms with Crippen molar-refractivity contribution in [3.05, 3.63) is 77.9 Å². The highest BCUT2D eigenvalue weighted by Gasteiger charge is 2.23. The van der Waals surface area contributed by atoms with E-state index in [1.807, 2.05) is 0 Å². The van der Waals surface area contributed by atoms with Crippen LogP contribution in [0.1, 0.15) is 29.9 Å². The second-order valence-corrected chi connectivity index (χ2v) is 5.90. The Morgan fingerprint density at radius 2 is 1.67 bits per heavy atom. The Balaban J connectivity index is 1.56. The zero-order chi connectivity index (χ0) is 14.1. The van der Waals surface area contributed by atoms with Crippen molar-refractivity contribution in [2.24, 2.45) is 0 Å². The minimum atomic E-state index is 0.822. The summed E-state index contributed by atoms with van der Waals surface area (Å²) in [4.78, 5) is 0. The zero-order valence-corrected chi connectivity index (χ0v) is 12.0. The SMILES string of the molecule is c1cc(CNc2cccc3ccccc23)cc(C2CC2)c1. The first-order valence-corrected chi connectivity index (χ1v) is 7.71. The first-order chi connectivity index (χ1) is 10.4. The van der Waals surface area contributed by atoms with Gasteiger partial charge in [0.25, 0.3) is 0 Å². The van der Waals surface area contributed by atoms with E-state index in [0.29, 0.717) is 0 Å². The molecule has 4 rings (SSSR count). The van der Waals surface area contributed by atoms with E-state index in [9.17, 15) is 0 Å². The monoisotopic (exact) mass is 273 g/mol. The predicted octanol–water partition coefficient (Wildman–Crippen LogP) is 5.33. The van der Waals surface area contributed by atoms with Gasteiger partial charge in [0.05, 0.1) is 0 Å². The molecule has 0 saturated heterocycles. The van der Waals surface area contributed by atoms with Gasteiger partial charge in [-0.15, -0.1) is 0 Å². The Hall–Kier alpha value is -2.28. The van der Waals surface area contributed by atoms with Crippen LogP contribution >= 0.6 is 0 Å². The molecule has 1 fully saturated rings. The van der Waals surface area contributed by atoms with Crippen LogP contribution in [0.4, 0.5) is 5.69 Å². The third-order valence-electron chi connectivity index (χ3n) is 4.27. The summed E-state index contributed by atoms with van der Waals surface area (Å²) in [6, 6.07) is 24.0. The maximum Gasteiger partial charge on any atom is 0.0422 e. The van der Waals surface area contributed by atoms with Crippen molar-refractivity contribution in [3.8, 4) is 0 Å². The second kappa shape index (κ2) is 5.25. The molecule has 104 valence electrons. The van der Waals surface area contributed by atoms with Gasteiger partial charge >= 0.3 is 0 Å². The lowest BCUT2D eigenvalue weighted by atomic mass is 10.1. The van der Waals surface area contributed by atoms with Gasteiger partial charge in [-0.1, -0.05) is 60.7 Å². The largest absolute Gasteiger partial charge is 0.380 e. The van der Waals surface area contributed by atoms with Crippen molar-refractivity contribution in [3.63, 3.8) is 0 Å². The topological polar surface area (TPSA) is 12.0 Å². The molecule has 0 spiro atoms. The molecule has 1 N–H and O–H groups in total. The Morgan fingerprint density at radius 1 is 0.857 bits per heavy atom. The summed E-state index contributed by atoms with van der Waals surface area (Å²) < 4.78 is 0. The van der Waals surface area contributed by atoms with Gasteiger partial charge < -0.3 is 5.32 Å². The smallest absolute Gasteiger partial charge is 0.0422 e. The molecule has 0 bridgehead atoms. The molecule has 1 saturated carbocycles. The van der Waals surface area contributed by atoms with Crippen molar-refractivity contribution >= 4 is 16.5 Å². The number of nitrogens with one attached hydrogen (secondary N) is 1. The molecular weight excluding hydrogens is 254 g/mol. The van der Waals surface area contributed by atoms with Crippen LogP contribution < -0.4 is 5.32 Å². The van der Waals surface area contributed by atoms with E-state index in [2.05, 4.69) is 72.0 Å². The summed E-state index contributed by atoms with van der Waals surface area (Å²) in [5.74, 6) is 0.822. The van der Waals surface area contributed by atoms with E-state index < -0.39 is 0 Å². The van der Waals surface area contributed by atoms with Crippen LogP contribution in [0.5, 0.6) is 0 Å². The van der Waals surface area contributed by atoms with E-state index >= 15 is 0 Å². The van der Waals surface area contributed by atoms with Crippen LogP contribution in [0, 0.1) is 0 Å². The molecule has 0 amide bonds. The first kappa shape index (κ1) is 12.5. The van der Waals surface area contributed by atoms with Crippen LogP contribution in [0.15, 0.2) is 66.7 Å². The van der Waals surface area contributed by atoms with Gasteiger partial charge in [-0.2, -0.15) is 0 Å². The van der Waals surface area contributed by atoms with Crippen LogP contribution in [0.25, 0.3) is 10.8 Å². The second-order valence-electron chi connectivity index (χ2n) is 5.90. The molecule has 3 aromatic carbocycles. The highest BCUT2D eigenvalue weighted by atomic mass is 14.9. The third-order valence-corrected chi connectivity index (χ3v) is 4.27. The van der Waals surface area contributed by atoms with Crippen LogP contribution in [-0.2, 0) is 6.54 Å². The number of anilines is 1. The summed E-state index contributed by atoms with van der Waals surface area (Å²) in [6.45, 7) is 0.883. The third kappa shape index (κ3) is 2.64. The highest BCUT2D eigenvalue weighted by Crippen LogP contribution is 2.40. The summed E-state index contributed by atoms with van der Waals surface area (Å²) in [5.41, 5.74) is 4.09. The average Bonchev–Trinajstić information content (AvgIpc) is 3.38. The fourth-order valence-corrected chi connectivity index (χ4v) is 2.95. The van der Waals surface area contributed by atoms with Gasteiger partial charge in [-0.05, 0) is 41.3 Å². The van der Waals surface area contributed by atoms with E-state index in [1.54, 1.807) is 0 Å².